The molecule has 0 aromatic rings. The summed E-state index contributed by atoms with van der Waals surface area (Å²) >= 11 is 0. The van der Waals surface area contributed by atoms with Gasteiger partial charge in [-0.25, -0.2) is 0 Å². The van der Waals surface area contributed by atoms with E-state index in [4.69, 9.17) is 0 Å². The lowest BCUT2D eigenvalue weighted by atomic mass is 9.49. The molecule has 4 aliphatic carbocycles. The van der Waals surface area contributed by atoms with E-state index >= 15 is 0 Å². The van der Waals surface area contributed by atoms with Crippen LogP contribution in [0, 0.1) is 29.1 Å². The van der Waals surface area contributed by atoms with Gasteiger partial charge in [-0.2, -0.15) is 0 Å². The number of rotatable bonds is 5. The Labute approximate surface area is 168 Å². The van der Waals surface area contributed by atoms with E-state index in [1.165, 1.54) is 38.5 Å². The van der Waals surface area contributed by atoms with Crippen LogP contribution in [-0.4, -0.2) is 35.7 Å². The Kier molecular flexibility index (Phi) is 5.66. The molecule has 6 nitrogen and oxygen atoms in total. The van der Waals surface area contributed by atoms with Crippen molar-refractivity contribution < 1.29 is 14.4 Å². The first-order valence-electron chi connectivity index (χ1n) is 11.2. The highest BCUT2D eigenvalue weighted by Crippen LogP contribution is 2.61. The van der Waals surface area contributed by atoms with Crippen LogP contribution in [0.2, 0.25) is 0 Å². The van der Waals surface area contributed by atoms with Gasteiger partial charge >= 0.3 is 0 Å². The number of nitrogens with one attached hydrogen (secondary N) is 2. The molecule has 0 radical (unpaired) electrons. The fraction of sp³-hybridized carbons (Fsp3) is 0.864. The Hall–Kier alpha value is -1.59. The molecular weight excluding hydrogens is 354 g/mol. The van der Waals surface area contributed by atoms with Gasteiger partial charge in [0, 0.05) is 32.9 Å². The highest BCUT2D eigenvalue weighted by atomic mass is 16.2. The molecule has 0 aromatic heterocycles. The average molecular weight is 390 g/mol. The van der Waals surface area contributed by atoms with Crippen molar-refractivity contribution in [2.45, 2.75) is 77.6 Å². The Balaban J connectivity index is 1.14. The molecule has 156 valence electrons. The summed E-state index contributed by atoms with van der Waals surface area (Å²) in [6.45, 7) is 3.20. The van der Waals surface area contributed by atoms with Crippen LogP contribution < -0.4 is 10.9 Å². The van der Waals surface area contributed by atoms with E-state index in [0.29, 0.717) is 18.8 Å². The summed E-state index contributed by atoms with van der Waals surface area (Å²) < 4.78 is 0. The first-order valence-corrected chi connectivity index (χ1v) is 11.2. The maximum atomic E-state index is 12.5. The average Bonchev–Trinajstić information content (AvgIpc) is 2.63. The number of hydrazine groups is 1. The molecule has 5 fully saturated rings. The summed E-state index contributed by atoms with van der Waals surface area (Å²) in [6, 6.07) is 0. The van der Waals surface area contributed by atoms with Crippen LogP contribution in [0.5, 0.6) is 0 Å². The Bertz CT molecular complexity index is 589. The first-order chi connectivity index (χ1) is 13.4. The van der Waals surface area contributed by atoms with Crippen LogP contribution in [0.1, 0.15) is 77.6 Å². The zero-order chi connectivity index (χ0) is 19.7. The maximum Gasteiger partial charge on any atom is 0.238 e. The van der Waals surface area contributed by atoms with Gasteiger partial charge in [-0.15, -0.1) is 0 Å². The van der Waals surface area contributed by atoms with Gasteiger partial charge in [0.1, 0.15) is 0 Å². The van der Waals surface area contributed by atoms with Crippen molar-refractivity contribution in [3.8, 4) is 0 Å². The topological polar surface area (TPSA) is 78.5 Å². The summed E-state index contributed by atoms with van der Waals surface area (Å²) in [7, 11) is 0. The van der Waals surface area contributed by atoms with Crippen LogP contribution >= 0.6 is 0 Å². The zero-order valence-corrected chi connectivity index (χ0v) is 17.2. The van der Waals surface area contributed by atoms with Crippen molar-refractivity contribution in [1.82, 2.24) is 15.8 Å². The van der Waals surface area contributed by atoms with Gasteiger partial charge in [-0.3, -0.25) is 25.2 Å². The zero-order valence-electron chi connectivity index (χ0n) is 17.2. The normalized spacial score (nSPS) is 34.3. The second kappa shape index (κ2) is 8.03. The van der Waals surface area contributed by atoms with E-state index in [1.807, 2.05) is 4.90 Å². The first kappa shape index (κ1) is 19.7. The number of carbonyl (C=O) groups excluding carboxylic acids is 3. The third kappa shape index (κ3) is 4.52. The standard InChI is InChI=1S/C22H35N3O3/c1-15(26)25-6-4-16(5-7-25)2-3-20(27)23-24-21(28)14-22-11-17-8-18(12-22)10-19(9-17)13-22/h16-19H,2-14H2,1H3,(H,23,27)(H,24,28). The van der Waals surface area contributed by atoms with E-state index in [2.05, 4.69) is 10.9 Å². The number of hydrogen-bond acceptors (Lipinski definition) is 3. The third-order valence-corrected chi connectivity index (χ3v) is 7.88. The molecule has 1 heterocycles. The van der Waals surface area contributed by atoms with E-state index in [0.717, 1.165) is 50.1 Å². The van der Waals surface area contributed by atoms with Crippen LogP contribution in [0.25, 0.3) is 0 Å². The molecule has 28 heavy (non-hydrogen) atoms. The van der Waals surface area contributed by atoms with Crippen molar-refractivity contribution in [3.63, 3.8) is 0 Å². The summed E-state index contributed by atoms with van der Waals surface area (Å²) in [4.78, 5) is 37.9. The molecule has 1 aliphatic heterocycles. The lowest BCUT2D eigenvalue weighted by Crippen LogP contribution is -2.50. The number of nitrogens with zero attached hydrogens (tertiary/aromatic N) is 1. The summed E-state index contributed by atoms with van der Waals surface area (Å²) in [6.07, 6.45) is 11.5. The van der Waals surface area contributed by atoms with Crippen molar-refractivity contribution in [1.29, 1.82) is 0 Å². The fourth-order valence-corrected chi connectivity index (χ4v) is 6.96. The van der Waals surface area contributed by atoms with Crippen LogP contribution in [0.3, 0.4) is 0 Å². The number of amides is 3. The summed E-state index contributed by atoms with van der Waals surface area (Å²) in [5.74, 6) is 3.01. The molecule has 1 saturated heterocycles. The van der Waals surface area contributed by atoms with Crippen molar-refractivity contribution >= 4 is 17.7 Å². The van der Waals surface area contributed by atoms with E-state index < -0.39 is 0 Å². The number of hydrogen-bond donors (Lipinski definition) is 2. The number of carbonyl (C=O) groups is 3. The Morgan fingerprint density at radius 1 is 0.893 bits per heavy atom. The molecule has 2 N–H and O–H groups in total. The van der Waals surface area contributed by atoms with Gasteiger partial charge in [0.15, 0.2) is 0 Å². The van der Waals surface area contributed by atoms with Crippen LogP contribution in [-0.2, 0) is 14.4 Å². The molecular formula is C22H35N3O3. The van der Waals surface area contributed by atoms with Gasteiger partial charge in [-0.1, -0.05) is 0 Å². The minimum atomic E-state index is -0.104. The molecule has 4 bridgehead atoms. The van der Waals surface area contributed by atoms with Gasteiger partial charge in [0.25, 0.3) is 0 Å². The summed E-state index contributed by atoms with van der Waals surface area (Å²) in [5, 5.41) is 0. The molecule has 0 spiro atoms. The fourth-order valence-electron chi connectivity index (χ4n) is 6.96. The molecule has 0 unspecified atom stereocenters. The third-order valence-electron chi connectivity index (χ3n) is 7.88. The highest BCUT2D eigenvalue weighted by molar-refractivity contribution is 5.82. The molecule has 0 aromatic carbocycles. The van der Waals surface area contributed by atoms with Crippen LogP contribution in [0.15, 0.2) is 0 Å². The Morgan fingerprint density at radius 2 is 1.43 bits per heavy atom. The lowest BCUT2D eigenvalue weighted by molar-refractivity contribution is -0.134. The Morgan fingerprint density at radius 3 is 1.96 bits per heavy atom. The molecule has 5 aliphatic rings. The summed E-state index contributed by atoms with van der Waals surface area (Å²) in [5.41, 5.74) is 5.51. The predicted molar refractivity (Wildman–Crippen MR) is 106 cm³/mol. The second-order valence-corrected chi connectivity index (χ2v) is 10.2. The smallest absolute Gasteiger partial charge is 0.238 e. The molecule has 6 heteroatoms. The minimum Gasteiger partial charge on any atom is -0.343 e. The molecule has 0 atom stereocenters. The van der Waals surface area contributed by atoms with Gasteiger partial charge < -0.3 is 4.90 Å². The van der Waals surface area contributed by atoms with E-state index in [9.17, 15) is 14.4 Å². The number of likely N-dealkylation sites (tertiary alicyclic amines) is 1. The number of piperidine rings is 1. The van der Waals surface area contributed by atoms with Crippen molar-refractivity contribution in [3.05, 3.63) is 0 Å². The van der Waals surface area contributed by atoms with Crippen molar-refractivity contribution in [2.75, 3.05) is 13.1 Å². The molecule has 3 amide bonds. The maximum absolute atomic E-state index is 12.5. The van der Waals surface area contributed by atoms with E-state index in [-0.39, 0.29) is 23.1 Å². The largest absolute Gasteiger partial charge is 0.343 e. The molecule has 4 saturated carbocycles. The quantitative estimate of drug-likeness (QED) is 0.710. The highest BCUT2D eigenvalue weighted by Gasteiger charge is 2.51. The van der Waals surface area contributed by atoms with Gasteiger partial charge in [0.05, 0.1) is 0 Å². The predicted octanol–water partition coefficient (Wildman–Crippen LogP) is 2.78. The van der Waals surface area contributed by atoms with Crippen molar-refractivity contribution in [2.24, 2.45) is 29.1 Å². The SMILES string of the molecule is CC(=O)N1CCC(CCC(=O)NNC(=O)CC23CC4CC(CC(C4)C2)C3)CC1. The van der Waals surface area contributed by atoms with Gasteiger partial charge in [0.2, 0.25) is 17.7 Å². The molecule has 5 rings (SSSR count). The monoisotopic (exact) mass is 389 g/mol. The second-order valence-electron chi connectivity index (χ2n) is 10.2. The van der Waals surface area contributed by atoms with Crippen LogP contribution in [0.4, 0.5) is 0 Å². The van der Waals surface area contributed by atoms with E-state index in [1.54, 1.807) is 6.92 Å². The van der Waals surface area contributed by atoms with Gasteiger partial charge in [-0.05, 0) is 86.9 Å². The lowest BCUT2D eigenvalue weighted by Gasteiger charge is -2.56. The minimum absolute atomic E-state index is 0.0231.